The summed E-state index contributed by atoms with van der Waals surface area (Å²) in [4.78, 5) is -0.202. The largest absolute Gasteiger partial charge is 0.415 e. The molecule has 0 fully saturated rings. The van der Waals surface area contributed by atoms with Gasteiger partial charge in [-0.05, 0) is 35.8 Å². The van der Waals surface area contributed by atoms with Gasteiger partial charge in [-0.3, -0.25) is 0 Å². The van der Waals surface area contributed by atoms with E-state index < -0.39 is 20.0 Å². The Hall–Kier alpha value is -0.263. The van der Waals surface area contributed by atoms with E-state index in [-0.39, 0.29) is 9.87 Å². The van der Waals surface area contributed by atoms with E-state index in [1.54, 1.807) is 0 Å². The second-order valence-electron chi connectivity index (χ2n) is 6.24. The SMILES string of the molecule is CC(C)(C)[Si](C)(C)OCC(Br)c1cc(F)cc(F)c1. The average molecular weight is 351 g/mol. The topological polar surface area (TPSA) is 9.23 Å². The van der Waals surface area contributed by atoms with E-state index in [1.165, 1.54) is 12.1 Å². The normalized spacial score (nSPS) is 14.5. The van der Waals surface area contributed by atoms with Gasteiger partial charge in [-0.15, -0.1) is 0 Å². The van der Waals surface area contributed by atoms with Gasteiger partial charge < -0.3 is 4.43 Å². The molecule has 0 aliphatic carbocycles. The summed E-state index contributed by atoms with van der Waals surface area (Å²) in [6, 6.07) is 3.53. The highest BCUT2D eigenvalue weighted by Gasteiger charge is 2.37. The quantitative estimate of drug-likeness (QED) is 0.520. The molecule has 0 N–H and O–H groups in total. The molecule has 0 bridgehead atoms. The molecule has 108 valence electrons. The number of halogens is 3. The summed E-state index contributed by atoms with van der Waals surface area (Å²) in [7, 11) is -1.85. The second-order valence-corrected chi connectivity index (χ2v) is 12.2. The number of hydrogen-bond donors (Lipinski definition) is 0. The Morgan fingerprint density at radius 1 is 1.16 bits per heavy atom. The smallest absolute Gasteiger partial charge is 0.192 e. The van der Waals surface area contributed by atoms with Crippen LogP contribution in [0, 0.1) is 11.6 Å². The van der Waals surface area contributed by atoms with E-state index in [0.717, 1.165) is 6.07 Å². The molecule has 5 heteroatoms. The van der Waals surface area contributed by atoms with Crippen LogP contribution in [0.2, 0.25) is 18.1 Å². The van der Waals surface area contributed by atoms with E-state index in [2.05, 4.69) is 49.8 Å². The Morgan fingerprint density at radius 2 is 1.63 bits per heavy atom. The van der Waals surface area contributed by atoms with Crippen molar-refractivity contribution in [2.24, 2.45) is 0 Å². The Labute approximate surface area is 123 Å². The lowest BCUT2D eigenvalue weighted by molar-refractivity contribution is 0.290. The van der Waals surface area contributed by atoms with E-state index in [1.807, 2.05) is 0 Å². The molecular formula is C14H21BrF2OSi. The van der Waals surface area contributed by atoms with Crippen molar-refractivity contribution in [1.82, 2.24) is 0 Å². The molecule has 1 aromatic rings. The van der Waals surface area contributed by atoms with E-state index in [4.69, 9.17) is 4.43 Å². The fourth-order valence-corrected chi connectivity index (χ4v) is 3.01. The van der Waals surface area contributed by atoms with Gasteiger partial charge in [-0.1, -0.05) is 36.7 Å². The highest BCUT2D eigenvalue weighted by molar-refractivity contribution is 9.09. The van der Waals surface area contributed by atoms with Crippen molar-refractivity contribution in [2.75, 3.05) is 6.61 Å². The van der Waals surface area contributed by atoms with Crippen molar-refractivity contribution in [3.63, 3.8) is 0 Å². The zero-order valence-electron chi connectivity index (χ0n) is 12.1. The van der Waals surface area contributed by atoms with Gasteiger partial charge in [-0.2, -0.15) is 0 Å². The molecule has 0 aliphatic rings. The van der Waals surface area contributed by atoms with Crippen molar-refractivity contribution in [1.29, 1.82) is 0 Å². The van der Waals surface area contributed by atoms with Crippen molar-refractivity contribution >= 4 is 24.2 Å². The number of rotatable bonds is 4. The summed E-state index contributed by atoms with van der Waals surface area (Å²) in [5, 5.41) is 0.118. The summed E-state index contributed by atoms with van der Waals surface area (Å²) in [6.07, 6.45) is 0. The molecule has 0 amide bonds. The van der Waals surface area contributed by atoms with Crippen LogP contribution in [0.4, 0.5) is 8.78 Å². The molecule has 0 aliphatic heterocycles. The molecule has 1 nitrogen and oxygen atoms in total. The standard InChI is InChI=1S/C14H21BrF2OSi/c1-14(2,3)19(4,5)18-9-13(15)10-6-11(16)8-12(17)7-10/h6-8,13H,9H2,1-5H3. The zero-order valence-corrected chi connectivity index (χ0v) is 14.6. The van der Waals surface area contributed by atoms with Crippen LogP contribution in [0.5, 0.6) is 0 Å². The minimum Gasteiger partial charge on any atom is -0.415 e. The third-order valence-electron chi connectivity index (χ3n) is 3.64. The highest BCUT2D eigenvalue weighted by Crippen LogP contribution is 2.38. The number of benzene rings is 1. The summed E-state index contributed by atoms with van der Waals surface area (Å²) in [6.45, 7) is 11.2. The van der Waals surface area contributed by atoms with Crippen LogP contribution < -0.4 is 0 Å². The van der Waals surface area contributed by atoms with Gasteiger partial charge in [0.2, 0.25) is 0 Å². The summed E-state index contributed by atoms with van der Waals surface area (Å²) in [5.74, 6) is -1.13. The Balaban J connectivity index is 2.73. The summed E-state index contributed by atoms with van der Waals surface area (Å²) < 4.78 is 32.4. The van der Waals surface area contributed by atoms with Crippen LogP contribution in [0.1, 0.15) is 31.2 Å². The first-order valence-corrected chi connectivity index (χ1v) is 10.1. The van der Waals surface area contributed by atoms with Crippen LogP contribution in [0.3, 0.4) is 0 Å². The first kappa shape index (κ1) is 16.8. The van der Waals surface area contributed by atoms with Crippen molar-refractivity contribution in [3.8, 4) is 0 Å². The molecular weight excluding hydrogens is 330 g/mol. The molecule has 1 unspecified atom stereocenters. The third kappa shape index (κ3) is 4.65. The van der Waals surface area contributed by atoms with Gasteiger partial charge in [0.1, 0.15) is 11.6 Å². The molecule has 0 radical (unpaired) electrons. The molecule has 0 saturated heterocycles. The summed E-state index contributed by atoms with van der Waals surface area (Å²) in [5.41, 5.74) is 0.566. The van der Waals surface area contributed by atoms with E-state index in [0.29, 0.717) is 12.2 Å². The molecule has 0 heterocycles. The third-order valence-corrected chi connectivity index (χ3v) is 8.94. The lowest BCUT2D eigenvalue weighted by atomic mass is 10.1. The number of hydrogen-bond acceptors (Lipinski definition) is 1. The predicted molar refractivity (Wildman–Crippen MR) is 81.2 cm³/mol. The zero-order chi connectivity index (χ0) is 14.8. The van der Waals surface area contributed by atoms with E-state index in [9.17, 15) is 8.78 Å². The maximum absolute atomic E-state index is 13.2. The Bertz CT molecular complexity index is 423. The molecule has 19 heavy (non-hydrogen) atoms. The minimum atomic E-state index is -1.85. The maximum atomic E-state index is 13.2. The van der Waals surface area contributed by atoms with Crippen LogP contribution in [0.15, 0.2) is 18.2 Å². The highest BCUT2D eigenvalue weighted by atomic mass is 79.9. The number of alkyl halides is 1. The molecule has 1 aromatic carbocycles. The van der Waals surface area contributed by atoms with Gasteiger partial charge >= 0.3 is 0 Å². The van der Waals surface area contributed by atoms with Gasteiger partial charge in [0.25, 0.3) is 0 Å². The van der Waals surface area contributed by atoms with Gasteiger partial charge in [0.15, 0.2) is 8.32 Å². The van der Waals surface area contributed by atoms with Gasteiger partial charge in [-0.25, -0.2) is 8.78 Å². The monoisotopic (exact) mass is 350 g/mol. The van der Waals surface area contributed by atoms with Gasteiger partial charge in [0, 0.05) is 6.07 Å². The first-order chi connectivity index (χ1) is 8.53. The minimum absolute atomic E-state index is 0.118. The molecule has 0 spiro atoms. The molecule has 0 aromatic heterocycles. The fraction of sp³-hybridized carbons (Fsp3) is 0.571. The maximum Gasteiger partial charge on any atom is 0.192 e. The first-order valence-electron chi connectivity index (χ1n) is 6.27. The predicted octanol–water partition coefficient (Wildman–Crippen LogP) is 5.42. The van der Waals surface area contributed by atoms with Crippen LogP contribution in [0.25, 0.3) is 0 Å². The second kappa shape index (κ2) is 6.02. The Kier molecular flexibility index (Phi) is 5.32. The summed E-state index contributed by atoms with van der Waals surface area (Å²) >= 11 is 3.44. The fourth-order valence-electron chi connectivity index (χ4n) is 1.35. The van der Waals surface area contributed by atoms with Crippen molar-refractivity contribution < 1.29 is 13.2 Å². The van der Waals surface area contributed by atoms with Crippen LogP contribution in [-0.4, -0.2) is 14.9 Å². The van der Waals surface area contributed by atoms with Gasteiger partial charge in [0.05, 0.1) is 11.4 Å². The lowest BCUT2D eigenvalue weighted by Gasteiger charge is -2.36. The van der Waals surface area contributed by atoms with Crippen LogP contribution >= 0.6 is 15.9 Å². The van der Waals surface area contributed by atoms with Crippen LogP contribution in [-0.2, 0) is 4.43 Å². The molecule has 1 atom stereocenters. The average Bonchev–Trinajstić information content (AvgIpc) is 2.23. The molecule has 1 rings (SSSR count). The van der Waals surface area contributed by atoms with E-state index >= 15 is 0 Å². The van der Waals surface area contributed by atoms with Crippen molar-refractivity contribution in [2.45, 2.75) is 43.7 Å². The lowest BCUT2D eigenvalue weighted by Crippen LogP contribution is -2.41. The molecule has 0 saturated carbocycles. The van der Waals surface area contributed by atoms with Crippen molar-refractivity contribution in [3.05, 3.63) is 35.4 Å². The Morgan fingerprint density at radius 3 is 2.05 bits per heavy atom.